The quantitative estimate of drug-likeness (QED) is 0.836. The summed E-state index contributed by atoms with van der Waals surface area (Å²) in [7, 11) is -3.65. The van der Waals surface area contributed by atoms with Gasteiger partial charge in [-0.3, -0.25) is 0 Å². The van der Waals surface area contributed by atoms with Gasteiger partial charge in [-0.05, 0) is 24.3 Å². The number of halogens is 1. The molecule has 0 amide bonds. The molecule has 146 valence electrons. The van der Waals surface area contributed by atoms with Crippen LogP contribution in [0.3, 0.4) is 0 Å². The smallest absolute Gasteiger partial charge is 0.199 e. The highest BCUT2D eigenvalue weighted by Crippen LogP contribution is 2.54. The highest BCUT2D eigenvalue weighted by Gasteiger charge is 2.52. The van der Waals surface area contributed by atoms with Crippen LogP contribution in [0.1, 0.15) is 29.2 Å². The van der Waals surface area contributed by atoms with Crippen molar-refractivity contribution in [2.45, 2.75) is 23.2 Å². The highest BCUT2D eigenvalue weighted by molar-refractivity contribution is 7.90. The third-order valence-corrected chi connectivity index (χ3v) is 5.86. The van der Waals surface area contributed by atoms with E-state index in [0.29, 0.717) is 0 Å². The van der Waals surface area contributed by atoms with Crippen LogP contribution >= 0.6 is 0 Å². The van der Waals surface area contributed by atoms with Gasteiger partial charge in [-0.2, -0.15) is 5.26 Å². The van der Waals surface area contributed by atoms with Crippen LogP contribution in [0.2, 0.25) is 0 Å². The molecule has 0 bridgehead atoms. The average Bonchev–Trinajstić information content (AvgIpc) is 3.19. The van der Waals surface area contributed by atoms with Crippen molar-refractivity contribution in [3.05, 3.63) is 52.8 Å². The van der Waals surface area contributed by atoms with E-state index in [1.165, 1.54) is 18.2 Å². The van der Waals surface area contributed by atoms with Gasteiger partial charge in [0.2, 0.25) is 0 Å². The molecule has 1 unspecified atom stereocenters. The zero-order valence-electron chi connectivity index (χ0n) is 14.8. The first-order valence-electron chi connectivity index (χ1n) is 8.45. The molecule has 7 nitrogen and oxygen atoms in total. The fourth-order valence-corrected chi connectivity index (χ4v) is 4.64. The van der Waals surface area contributed by atoms with Gasteiger partial charge in [-0.25, -0.2) is 12.8 Å². The number of nitriles is 1. The van der Waals surface area contributed by atoms with Crippen molar-refractivity contribution in [1.82, 2.24) is 0 Å². The van der Waals surface area contributed by atoms with Crippen molar-refractivity contribution in [2.75, 3.05) is 19.5 Å². The van der Waals surface area contributed by atoms with Crippen molar-refractivity contribution < 1.29 is 32.1 Å². The maximum Gasteiger partial charge on any atom is 0.199 e. The Hall–Kier alpha value is -2.51. The minimum atomic E-state index is -3.65. The molecule has 1 saturated heterocycles. The molecule has 2 aromatic rings. The topological polar surface area (TPSA) is 106 Å². The van der Waals surface area contributed by atoms with E-state index >= 15 is 0 Å². The van der Waals surface area contributed by atoms with Crippen molar-refractivity contribution in [1.29, 1.82) is 5.26 Å². The van der Waals surface area contributed by atoms with Gasteiger partial charge in [0.1, 0.15) is 17.3 Å². The number of ether oxygens (including phenoxy) is 3. The van der Waals surface area contributed by atoms with Crippen LogP contribution in [0.4, 0.5) is 4.39 Å². The fraction of sp³-hybridized carbons (Fsp3) is 0.316. The zero-order chi connectivity index (χ0) is 20.1. The van der Waals surface area contributed by atoms with Gasteiger partial charge >= 0.3 is 0 Å². The summed E-state index contributed by atoms with van der Waals surface area (Å²) < 4.78 is 55.5. The summed E-state index contributed by atoms with van der Waals surface area (Å²) in [6.45, 7) is 0.520. The Morgan fingerprint density at radius 3 is 2.64 bits per heavy atom. The average molecular weight is 405 g/mol. The molecule has 0 saturated carbocycles. The summed E-state index contributed by atoms with van der Waals surface area (Å²) in [5.41, 5.74) is 0.487. The zero-order valence-corrected chi connectivity index (χ0v) is 15.6. The number of hydrogen-bond donors (Lipinski definition) is 1. The first kappa shape index (κ1) is 18.8. The molecule has 1 aliphatic heterocycles. The molecule has 2 aromatic carbocycles. The van der Waals surface area contributed by atoms with Crippen LogP contribution in [-0.2, 0) is 25.1 Å². The normalized spacial score (nSPS) is 20.1. The number of fused-ring (bicyclic) bond motifs is 2. The second-order valence-corrected chi connectivity index (χ2v) is 8.67. The molecule has 1 heterocycles. The third kappa shape index (κ3) is 3.04. The molecule has 0 radical (unpaired) electrons. The van der Waals surface area contributed by atoms with Gasteiger partial charge in [-0.15, -0.1) is 0 Å². The van der Waals surface area contributed by atoms with Crippen LogP contribution in [-0.4, -0.2) is 33.0 Å². The molecule has 9 heteroatoms. The second kappa shape index (κ2) is 6.53. The Balaban J connectivity index is 1.89. The van der Waals surface area contributed by atoms with Gasteiger partial charge in [0.05, 0.1) is 35.8 Å². The Morgan fingerprint density at radius 1 is 1.29 bits per heavy atom. The van der Waals surface area contributed by atoms with Crippen LogP contribution in [0, 0.1) is 17.1 Å². The second-order valence-electron chi connectivity index (χ2n) is 6.68. The van der Waals surface area contributed by atoms with Crippen LogP contribution in [0.5, 0.6) is 11.5 Å². The predicted molar refractivity (Wildman–Crippen MR) is 93.9 cm³/mol. The maximum absolute atomic E-state index is 13.7. The Kier molecular flexibility index (Phi) is 4.39. The number of nitrogens with zero attached hydrogens (tertiary/aromatic N) is 1. The van der Waals surface area contributed by atoms with Crippen molar-refractivity contribution in [3.63, 3.8) is 0 Å². The highest BCUT2D eigenvalue weighted by atomic mass is 32.2. The maximum atomic E-state index is 13.7. The Labute approximate surface area is 160 Å². The number of hydrogen-bond acceptors (Lipinski definition) is 7. The van der Waals surface area contributed by atoms with Gasteiger partial charge < -0.3 is 19.3 Å². The molecule has 1 spiro atoms. The number of benzene rings is 2. The standard InChI is InChI=1S/C19H16FNO6S/c1-28(23,24)16-3-2-15(27-13-7-11(10-21)6-12(20)8-13)17-14(22)9-19(18(16)17)25-4-5-26-19/h2-3,6-8,14,22H,4-5,9H2,1H3. The SMILES string of the molecule is CS(=O)(=O)c1ccc(Oc2cc(F)cc(C#N)c2)c2c1C1(CC2O)OCCO1. The van der Waals surface area contributed by atoms with Gasteiger partial charge in [0.15, 0.2) is 15.6 Å². The number of aliphatic hydroxyl groups is 1. The summed E-state index contributed by atoms with van der Waals surface area (Å²) in [5, 5.41) is 19.7. The van der Waals surface area contributed by atoms with Crippen molar-refractivity contribution >= 4 is 9.84 Å². The molecule has 1 atom stereocenters. The van der Waals surface area contributed by atoms with E-state index in [1.807, 2.05) is 6.07 Å². The molecule has 4 rings (SSSR count). The van der Waals surface area contributed by atoms with E-state index in [9.17, 15) is 17.9 Å². The number of sulfone groups is 1. The third-order valence-electron chi connectivity index (χ3n) is 4.72. The fourth-order valence-electron chi connectivity index (χ4n) is 3.69. The van der Waals surface area contributed by atoms with Gasteiger partial charge in [0, 0.05) is 29.9 Å². The van der Waals surface area contributed by atoms with Crippen LogP contribution in [0.25, 0.3) is 0 Å². The molecule has 1 N–H and O–H groups in total. The first-order chi connectivity index (χ1) is 13.2. The lowest BCUT2D eigenvalue weighted by Crippen LogP contribution is -2.26. The van der Waals surface area contributed by atoms with E-state index in [2.05, 4.69) is 0 Å². The summed E-state index contributed by atoms with van der Waals surface area (Å²) in [6.07, 6.45) is -0.0334. The summed E-state index contributed by atoms with van der Waals surface area (Å²) >= 11 is 0. The van der Waals surface area contributed by atoms with E-state index in [1.54, 1.807) is 0 Å². The predicted octanol–water partition coefficient (Wildman–Crippen LogP) is 2.53. The summed E-state index contributed by atoms with van der Waals surface area (Å²) in [4.78, 5) is -0.0229. The molecule has 28 heavy (non-hydrogen) atoms. The van der Waals surface area contributed by atoms with Gasteiger partial charge in [-0.1, -0.05) is 0 Å². The summed E-state index contributed by atoms with van der Waals surface area (Å²) in [5.74, 6) is -1.84. The first-order valence-corrected chi connectivity index (χ1v) is 10.3. The van der Waals surface area contributed by atoms with Crippen molar-refractivity contribution in [2.24, 2.45) is 0 Å². The lowest BCUT2D eigenvalue weighted by atomic mass is 10.1. The molecular weight excluding hydrogens is 389 g/mol. The van der Waals surface area contributed by atoms with E-state index in [0.717, 1.165) is 18.4 Å². The monoisotopic (exact) mass is 405 g/mol. The Bertz CT molecular complexity index is 1100. The minimum Gasteiger partial charge on any atom is -0.457 e. The lowest BCUT2D eigenvalue weighted by Gasteiger charge is -2.25. The largest absolute Gasteiger partial charge is 0.457 e. The number of rotatable bonds is 3. The summed E-state index contributed by atoms with van der Waals surface area (Å²) in [6, 6.07) is 8.08. The van der Waals surface area contributed by atoms with Crippen molar-refractivity contribution in [3.8, 4) is 17.6 Å². The molecule has 2 aliphatic rings. The van der Waals surface area contributed by atoms with E-state index in [4.69, 9.17) is 19.5 Å². The Morgan fingerprint density at radius 2 is 2.00 bits per heavy atom. The van der Waals surface area contributed by atoms with Crippen LogP contribution in [0.15, 0.2) is 35.2 Å². The lowest BCUT2D eigenvalue weighted by molar-refractivity contribution is -0.175. The molecular formula is C19H16FNO6S. The van der Waals surface area contributed by atoms with E-state index in [-0.39, 0.29) is 52.7 Å². The van der Waals surface area contributed by atoms with Crippen LogP contribution < -0.4 is 4.74 Å². The van der Waals surface area contributed by atoms with E-state index < -0.39 is 27.5 Å². The minimum absolute atomic E-state index is 0.0117. The molecule has 0 aromatic heterocycles. The van der Waals surface area contributed by atoms with Gasteiger partial charge in [0.25, 0.3) is 0 Å². The number of aliphatic hydroxyl groups excluding tert-OH is 1. The molecule has 1 aliphatic carbocycles. The molecule has 1 fully saturated rings.